The van der Waals surface area contributed by atoms with E-state index < -0.39 is 17.6 Å². The summed E-state index contributed by atoms with van der Waals surface area (Å²) < 4.78 is 49.2. The second kappa shape index (κ2) is 3.52. The van der Waals surface area contributed by atoms with E-state index in [-0.39, 0.29) is 5.92 Å². The van der Waals surface area contributed by atoms with Crippen LogP contribution in [0.25, 0.3) is 0 Å². The van der Waals surface area contributed by atoms with Crippen LogP contribution in [0.2, 0.25) is 0 Å². The van der Waals surface area contributed by atoms with Crippen LogP contribution < -0.4 is 0 Å². The van der Waals surface area contributed by atoms with Gasteiger partial charge in [-0.3, -0.25) is 0 Å². The molecule has 1 rings (SSSR count). The minimum Gasteiger partial charge on any atom is -0.207 e. The highest BCUT2D eigenvalue weighted by molar-refractivity contribution is 5.33. The van der Waals surface area contributed by atoms with Gasteiger partial charge in [0, 0.05) is 0 Å². The summed E-state index contributed by atoms with van der Waals surface area (Å²) in [7, 11) is 0. The Morgan fingerprint density at radius 2 is 2.08 bits per heavy atom. The van der Waals surface area contributed by atoms with Crippen LogP contribution in [0, 0.1) is 5.92 Å². The van der Waals surface area contributed by atoms with Crippen LogP contribution in [0.1, 0.15) is 19.8 Å². The third kappa shape index (κ3) is 2.32. The van der Waals surface area contributed by atoms with E-state index in [0.717, 1.165) is 12.2 Å². The SMILES string of the molecule is CC[C@H]1C=C(C(F)(F)F)C(F)=CC1. The Morgan fingerprint density at radius 1 is 1.46 bits per heavy atom. The lowest BCUT2D eigenvalue weighted by Crippen LogP contribution is -2.16. The molecule has 0 aromatic carbocycles. The molecule has 0 heterocycles. The van der Waals surface area contributed by atoms with Crippen molar-refractivity contribution in [2.75, 3.05) is 0 Å². The van der Waals surface area contributed by atoms with Gasteiger partial charge >= 0.3 is 6.18 Å². The lowest BCUT2D eigenvalue weighted by molar-refractivity contribution is -0.0919. The summed E-state index contributed by atoms with van der Waals surface area (Å²) in [5, 5.41) is 0. The predicted octanol–water partition coefficient (Wildman–Crippen LogP) is 3.76. The highest BCUT2D eigenvalue weighted by Gasteiger charge is 2.38. The van der Waals surface area contributed by atoms with Crippen molar-refractivity contribution in [2.45, 2.75) is 25.9 Å². The summed E-state index contributed by atoms with van der Waals surface area (Å²) in [4.78, 5) is 0. The molecule has 0 aromatic rings. The topological polar surface area (TPSA) is 0 Å². The maximum absolute atomic E-state index is 12.7. The van der Waals surface area contributed by atoms with Crippen LogP contribution >= 0.6 is 0 Å². The summed E-state index contributed by atoms with van der Waals surface area (Å²) >= 11 is 0. The van der Waals surface area contributed by atoms with Gasteiger partial charge in [0.25, 0.3) is 0 Å². The molecule has 0 radical (unpaired) electrons. The van der Waals surface area contributed by atoms with Gasteiger partial charge in [-0.15, -0.1) is 0 Å². The van der Waals surface area contributed by atoms with E-state index in [9.17, 15) is 17.6 Å². The second-order valence-electron chi connectivity index (χ2n) is 3.03. The molecule has 13 heavy (non-hydrogen) atoms. The van der Waals surface area contributed by atoms with Gasteiger partial charge < -0.3 is 0 Å². The summed E-state index contributed by atoms with van der Waals surface area (Å²) in [6.45, 7) is 1.78. The Balaban J connectivity index is 2.91. The first-order chi connectivity index (χ1) is 5.95. The highest BCUT2D eigenvalue weighted by atomic mass is 19.4. The molecule has 74 valence electrons. The Kier molecular flexibility index (Phi) is 2.78. The number of rotatable bonds is 1. The maximum Gasteiger partial charge on any atom is 0.418 e. The van der Waals surface area contributed by atoms with E-state index in [2.05, 4.69) is 0 Å². The molecule has 1 aliphatic carbocycles. The molecule has 0 fully saturated rings. The fraction of sp³-hybridized carbons (Fsp3) is 0.556. The molecule has 0 spiro atoms. The van der Waals surface area contributed by atoms with Crippen LogP contribution in [0.4, 0.5) is 17.6 Å². The first-order valence-corrected chi connectivity index (χ1v) is 4.10. The number of allylic oxidation sites excluding steroid dienone is 4. The first-order valence-electron chi connectivity index (χ1n) is 4.10. The molecular weight excluding hydrogens is 184 g/mol. The minimum absolute atomic E-state index is 0.184. The molecule has 0 unspecified atom stereocenters. The zero-order valence-corrected chi connectivity index (χ0v) is 7.16. The van der Waals surface area contributed by atoms with Gasteiger partial charge in [0.15, 0.2) is 0 Å². The van der Waals surface area contributed by atoms with E-state index >= 15 is 0 Å². The predicted molar refractivity (Wildman–Crippen MR) is 41.7 cm³/mol. The monoisotopic (exact) mass is 194 g/mol. The smallest absolute Gasteiger partial charge is 0.207 e. The van der Waals surface area contributed by atoms with E-state index in [1.165, 1.54) is 0 Å². The molecule has 0 saturated heterocycles. The number of alkyl halides is 3. The molecule has 0 amide bonds. The van der Waals surface area contributed by atoms with E-state index in [1.807, 2.05) is 0 Å². The van der Waals surface area contributed by atoms with Gasteiger partial charge in [0.2, 0.25) is 0 Å². The van der Waals surface area contributed by atoms with Crippen molar-refractivity contribution in [3.63, 3.8) is 0 Å². The quantitative estimate of drug-likeness (QED) is 0.557. The first kappa shape index (κ1) is 10.3. The third-order valence-corrected chi connectivity index (χ3v) is 2.09. The zero-order chi connectivity index (χ0) is 10.1. The average Bonchev–Trinajstić information content (AvgIpc) is 2.03. The normalized spacial score (nSPS) is 23.9. The Morgan fingerprint density at radius 3 is 2.54 bits per heavy atom. The van der Waals surface area contributed by atoms with Gasteiger partial charge in [-0.1, -0.05) is 13.0 Å². The fourth-order valence-corrected chi connectivity index (χ4v) is 1.26. The van der Waals surface area contributed by atoms with Crippen molar-refractivity contribution >= 4 is 0 Å². The van der Waals surface area contributed by atoms with Crippen molar-refractivity contribution in [3.8, 4) is 0 Å². The molecule has 1 aliphatic rings. The summed E-state index contributed by atoms with van der Waals surface area (Å²) in [6.07, 6.45) is -1.61. The van der Waals surface area contributed by atoms with Crippen molar-refractivity contribution in [1.29, 1.82) is 0 Å². The average molecular weight is 194 g/mol. The lowest BCUT2D eigenvalue weighted by atomic mass is 9.93. The van der Waals surface area contributed by atoms with Gasteiger partial charge in [-0.2, -0.15) is 13.2 Å². The Bertz CT molecular complexity index is 247. The lowest BCUT2D eigenvalue weighted by Gasteiger charge is -2.18. The van der Waals surface area contributed by atoms with Crippen molar-refractivity contribution < 1.29 is 17.6 Å². The standard InChI is InChI=1S/C9H10F4/c1-2-6-3-4-8(10)7(5-6)9(11,12)13/h4-6H,2-3H2,1H3/t6-/m1/s1. The van der Waals surface area contributed by atoms with Crippen LogP contribution in [0.5, 0.6) is 0 Å². The molecule has 0 aromatic heterocycles. The number of halogens is 4. The number of hydrogen-bond acceptors (Lipinski definition) is 0. The molecule has 0 bridgehead atoms. The Labute approximate surface area is 73.9 Å². The zero-order valence-electron chi connectivity index (χ0n) is 7.16. The molecule has 1 atom stereocenters. The van der Waals surface area contributed by atoms with Gasteiger partial charge in [-0.05, 0) is 24.8 Å². The van der Waals surface area contributed by atoms with Crippen LogP contribution in [-0.2, 0) is 0 Å². The third-order valence-electron chi connectivity index (χ3n) is 2.09. The molecule has 4 heteroatoms. The van der Waals surface area contributed by atoms with Gasteiger partial charge in [0.1, 0.15) is 5.83 Å². The van der Waals surface area contributed by atoms with Crippen LogP contribution in [0.3, 0.4) is 0 Å². The maximum atomic E-state index is 12.7. The highest BCUT2D eigenvalue weighted by Crippen LogP contribution is 2.37. The van der Waals surface area contributed by atoms with Crippen LogP contribution in [-0.4, -0.2) is 6.18 Å². The Hall–Kier alpha value is -0.800. The summed E-state index contributed by atoms with van der Waals surface area (Å²) in [5.74, 6) is -1.33. The molecule has 0 N–H and O–H groups in total. The molecule has 0 aliphatic heterocycles. The van der Waals surface area contributed by atoms with E-state index in [1.54, 1.807) is 6.92 Å². The van der Waals surface area contributed by atoms with Crippen molar-refractivity contribution in [3.05, 3.63) is 23.6 Å². The van der Waals surface area contributed by atoms with Crippen molar-refractivity contribution in [1.82, 2.24) is 0 Å². The molecular formula is C9H10F4. The van der Waals surface area contributed by atoms with E-state index in [4.69, 9.17) is 0 Å². The minimum atomic E-state index is -4.56. The number of hydrogen-bond donors (Lipinski definition) is 0. The van der Waals surface area contributed by atoms with Gasteiger partial charge in [-0.25, -0.2) is 4.39 Å². The van der Waals surface area contributed by atoms with Crippen LogP contribution in [0.15, 0.2) is 23.6 Å². The summed E-state index contributed by atoms with van der Waals surface area (Å²) in [6, 6.07) is 0. The van der Waals surface area contributed by atoms with Crippen molar-refractivity contribution in [2.24, 2.45) is 5.92 Å². The fourth-order valence-electron chi connectivity index (χ4n) is 1.26. The second-order valence-corrected chi connectivity index (χ2v) is 3.03. The summed E-state index contributed by atoms with van der Waals surface area (Å²) in [5.41, 5.74) is -1.12. The van der Waals surface area contributed by atoms with E-state index in [0.29, 0.717) is 12.8 Å². The molecule has 0 nitrogen and oxygen atoms in total. The van der Waals surface area contributed by atoms with Gasteiger partial charge in [0.05, 0.1) is 5.57 Å². The largest absolute Gasteiger partial charge is 0.418 e. The molecule has 0 saturated carbocycles.